The average Bonchev–Trinajstić information content (AvgIpc) is 2.06. The summed E-state index contributed by atoms with van der Waals surface area (Å²) in [5, 5.41) is 9.20. The van der Waals surface area contributed by atoms with Gasteiger partial charge in [0.1, 0.15) is 4.90 Å². The van der Waals surface area contributed by atoms with Crippen LogP contribution < -0.4 is 4.74 Å². The molecule has 0 saturated carbocycles. The molecule has 4 nitrogen and oxygen atoms in total. The standard InChI is InChI=1S/C7H6BrFO4S/c1-13-6-2-4(8)7(3-5(6)10)14(9,11)12/h2-3,10H,1H3. The Balaban J connectivity index is 3.44. The lowest BCUT2D eigenvalue weighted by Crippen LogP contribution is -1.94. The Hall–Kier alpha value is -0.820. The Kier molecular flexibility index (Phi) is 3.01. The second-order valence-electron chi connectivity index (χ2n) is 2.39. The van der Waals surface area contributed by atoms with Gasteiger partial charge in [0.25, 0.3) is 0 Å². The van der Waals surface area contributed by atoms with E-state index in [1.165, 1.54) is 13.2 Å². The van der Waals surface area contributed by atoms with Crippen molar-refractivity contribution in [2.45, 2.75) is 4.90 Å². The quantitative estimate of drug-likeness (QED) is 0.842. The number of hydrogen-bond donors (Lipinski definition) is 1. The van der Waals surface area contributed by atoms with Gasteiger partial charge in [-0.05, 0) is 22.0 Å². The van der Waals surface area contributed by atoms with Gasteiger partial charge in [-0.3, -0.25) is 0 Å². The third kappa shape index (κ3) is 2.16. The minimum atomic E-state index is -4.84. The summed E-state index contributed by atoms with van der Waals surface area (Å²) in [6.45, 7) is 0. The first-order valence-corrected chi connectivity index (χ1v) is 5.55. The minimum absolute atomic E-state index is 0.00495. The van der Waals surface area contributed by atoms with Crippen LogP contribution in [0.3, 0.4) is 0 Å². The van der Waals surface area contributed by atoms with Crippen molar-refractivity contribution >= 4 is 26.2 Å². The first kappa shape index (κ1) is 11.3. The van der Waals surface area contributed by atoms with Crippen LogP contribution in [0.25, 0.3) is 0 Å². The zero-order valence-corrected chi connectivity index (χ0v) is 9.39. The number of aromatic hydroxyl groups is 1. The number of hydrogen-bond acceptors (Lipinski definition) is 4. The van der Waals surface area contributed by atoms with Crippen LogP contribution >= 0.6 is 15.9 Å². The van der Waals surface area contributed by atoms with E-state index in [9.17, 15) is 17.4 Å². The Morgan fingerprint density at radius 3 is 2.50 bits per heavy atom. The highest BCUT2D eigenvalue weighted by Crippen LogP contribution is 2.35. The fourth-order valence-electron chi connectivity index (χ4n) is 0.875. The van der Waals surface area contributed by atoms with Crippen molar-refractivity contribution in [3.05, 3.63) is 16.6 Å². The van der Waals surface area contributed by atoms with Gasteiger partial charge in [-0.15, -0.1) is 3.89 Å². The fraction of sp³-hybridized carbons (Fsp3) is 0.143. The van der Waals surface area contributed by atoms with Crippen molar-refractivity contribution in [3.63, 3.8) is 0 Å². The van der Waals surface area contributed by atoms with E-state index in [4.69, 9.17) is 4.74 Å². The topological polar surface area (TPSA) is 63.6 Å². The Morgan fingerprint density at radius 2 is 2.07 bits per heavy atom. The summed E-state index contributed by atoms with van der Waals surface area (Å²) in [6.07, 6.45) is 0. The van der Waals surface area contributed by atoms with Crippen LogP contribution in [-0.2, 0) is 10.2 Å². The molecule has 0 unspecified atom stereocenters. The van der Waals surface area contributed by atoms with E-state index in [1.54, 1.807) is 0 Å². The van der Waals surface area contributed by atoms with Gasteiger partial charge < -0.3 is 9.84 Å². The van der Waals surface area contributed by atoms with Crippen LogP contribution in [-0.4, -0.2) is 20.6 Å². The summed E-state index contributed by atoms with van der Waals surface area (Å²) in [6, 6.07) is 1.94. The van der Waals surface area contributed by atoms with E-state index >= 15 is 0 Å². The van der Waals surface area contributed by atoms with E-state index in [0.29, 0.717) is 0 Å². The summed E-state index contributed by atoms with van der Waals surface area (Å²) >= 11 is 2.85. The molecule has 14 heavy (non-hydrogen) atoms. The van der Waals surface area contributed by atoms with Gasteiger partial charge in [-0.1, -0.05) is 0 Å². The zero-order valence-electron chi connectivity index (χ0n) is 6.99. The van der Waals surface area contributed by atoms with E-state index in [0.717, 1.165) is 6.07 Å². The van der Waals surface area contributed by atoms with Gasteiger partial charge in [-0.2, -0.15) is 8.42 Å². The molecule has 0 amide bonds. The molecule has 7 heteroatoms. The molecular weight excluding hydrogens is 279 g/mol. The maximum absolute atomic E-state index is 12.6. The molecule has 0 aliphatic heterocycles. The summed E-state index contributed by atoms with van der Waals surface area (Å²) in [7, 11) is -3.55. The molecule has 1 rings (SSSR count). The van der Waals surface area contributed by atoms with E-state index in [1.807, 2.05) is 0 Å². The Labute approximate surface area is 88.7 Å². The number of phenolic OH excluding ortho intramolecular Hbond substituents is 1. The van der Waals surface area contributed by atoms with Gasteiger partial charge in [0.2, 0.25) is 0 Å². The molecular formula is C7H6BrFO4S. The molecule has 0 fully saturated rings. The summed E-state index contributed by atoms with van der Waals surface area (Å²) in [5.74, 6) is -0.379. The van der Waals surface area contributed by atoms with Crippen LogP contribution in [0.4, 0.5) is 3.89 Å². The number of phenols is 1. The highest BCUT2D eigenvalue weighted by molar-refractivity contribution is 9.10. The molecule has 1 aromatic carbocycles. The first-order valence-electron chi connectivity index (χ1n) is 3.37. The molecule has 0 spiro atoms. The number of rotatable bonds is 2. The van der Waals surface area contributed by atoms with Crippen molar-refractivity contribution in [2.24, 2.45) is 0 Å². The maximum Gasteiger partial charge on any atom is 0.333 e. The van der Waals surface area contributed by atoms with Crippen LogP contribution in [0, 0.1) is 0 Å². The largest absolute Gasteiger partial charge is 0.504 e. The zero-order chi connectivity index (χ0) is 10.9. The number of ether oxygens (including phenoxy) is 1. The predicted molar refractivity (Wildman–Crippen MR) is 50.7 cm³/mol. The van der Waals surface area contributed by atoms with Gasteiger partial charge in [0, 0.05) is 10.5 Å². The highest BCUT2D eigenvalue weighted by atomic mass is 79.9. The van der Waals surface area contributed by atoms with Gasteiger partial charge in [-0.25, -0.2) is 0 Å². The van der Waals surface area contributed by atoms with Crippen molar-refractivity contribution in [1.82, 2.24) is 0 Å². The molecule has 0 aliphatic carbocycles. The van der Waals surface area contributed by atoms with Crippen LogP contribution in [0.1, 0.15) is 0 Å². The van der Waals surface area contributed by atoms with Gasteiger partial charge >= 0.3 is 10.2 Å². The van der Waals surface area contributed by atoms with Crippen molar-refractivity contribution in [3.8, 4) is 11.5 Å². The summed E-state index contributed by atoms with van der Waals surface area (Å²) < 4.78 is 38.4. The van der Waals surface area contributed by atoms with Gasteiger partial charge in [0.05, 0.1) is 7.11 Å². The van der Waals surface area contributed by atoms with Crippen molar-refractivity contribution in [2.75, 3.05) is 7.11 Å². The van der Waals surface area contributed by atoms with Gasteiger partial charge in [0.15, 0.2) is 11.5 Å². The molecule has 0 bridgehead atoms. The Bertz CT molecular complexity index is 457. The lowest BCUT2D eigenvalue weighted by Gasteiger charge is -2.05. The third-order valence-electron chi connectivity index (χ3n) is 1.50. The molecule has 0 radical (unpaired) electrons. The Morgan fingerprint density at radius 1 is 1.50 bits per heavy atom. The van der Waals surface area contributed by atoms with E-state index < -0.39 is 20.9 Å². The molecule has 0 saturated heterocycles. The number of benzene rings is 1. The lowest BCUT2D eigenvalue weighted by atomic mass is 10.3. The highest BCUT2D eigenvalue weighted by Gasteiger charge is 2.19. The van der Waals surface area contributed by atoms with E-state index in [2.05, 4.69) is 15.9 Å². The van der Waals surface area contributed by atoms with Crippen LogP contribution in [0.5, 0.6) is 11.5 Å². The van der Waals surface area contributed by atoms with Crippen molar-refractivity contribution in [1.29, 1.82) is 0 Å². The molecule has 0 heterocycles. The van der Waals surface area contributed by atoms with E-state index in [-0.39, 0.29) is 10.2 Å². The fourth-order valence-corrected chi connectivity index (χ4v) is 2.32. The molecule has 1 N–H and O–H groups in total. The maximum atomic E-state index is 12.6. The predicted octanol–water partition coefficient (Wildman–Crippen LogP) is 1.82. The summed E-state index contributed by atoms with van der Waals surface area (Å²) in [5.41, 5.74) is 0. The molecule has 1 aromatic rings. The first-order chi connectivity index (χ1) is 6.36. The lowest BCUT2D eigenvalue weighted by molar-refractivity contribution is 0.372. The number of halogens is 2. The third-order valence-corrected chi connectivity index (χ3v) is 3.28. The van der Waals surface area contributed by atoms with Crippen molar-refractivity contribution < 1.29 is 22.1 Å². The average molecular weight is 285 g/mol. The second kappa shape index (κ2) is 3.74. The van der Waals surface area contributed by atoms with Crippen LogP contribution in [0.2, 0.25) is 0 Å². The molecule has 0 atom stereocenters. The molecule has 0 aromatic heterocycles. The monoisotopic (exact) mass is 284 g/mol. The minimum Gasteiger partial charge on any atom is -0.504 e. The SMILES string of the molecule is COc1cc(Br)c(S(=O)(=O)F)cc1O. The smallest absolute Gasteiger partial charge is 0.333 e. The molecule has 0 aliphatic rings. The normalized spacial score (nSPS) is 11.4. The summed E-state index contributed by atoms with van der Waals surface area (Å²) in [4.78, 5) is -0.629. The number of methoxy groups -OCH3 is 1. The second-order valence-corrected chi connectivity index (χ2v) is 4.56. The van der Waals surface area contributed by atoms with Crippen LogP contribution in [0.15, 0.2) is 21.5 Å². The molecule has 78 valence electrons.